The van der Waals surface area contributed by atoms with E-state index in [4.69, 9.17) is 9.26 Å². The van der Waals surface area contributed by atoms with Crippen LogP contribution in [0.2, 0.25) is 0 Å². The van der Waals surface area contributed by atoms with Crippen LogP contribution in [0.25, 0.3) is 10.7 Å². The van der Waals surface area contributed by atoms with Gasteiger partial charge in [-0.05, 0) is 17.5 Å². The van der Waals surface area contributed by atoms with Gasteiger partial charge in [0.25, 0.3) is 0 Å². The number of aryl methyl sites for hydroxylation is 1. The third-order valence-electron chi connectivity index (χ3n) is 4.07. The zero-order valence-corrected chi connectivity index (χ0v) is 14.3. The Morgan fingerprint density at radius 2 is 2.20 bits per heavy atom. The summed E-state index contributed by atoms with van der Waals surface area (Å²) in [4.78, 5) is 17.6. The maximum atomic E-state index is 12.3. The molecule has 1 aliphatic heterocycles. The number of thiophene rings is 1. The first kappa shape index (κ1) is 15.8. The Balaban J connectivity index is 1.34. The molecular formula is C18H17N3O3S. The first-order chi connectivity index (χ1) is 12.3. The summed E-state index contributed by atoms with van der Waals surface area (Å²) in [7, 11) is 0. The predicted molar refractivity (Wildman–Crippen MR) is 93.4 cm³/mol. The number of nitrogens with zero attached hydrogens (tertiary/aromatic N) is 2. The fraction of sp³-hybridized carbons (Fsp3) is 0.278. The van der Waals surface area contributed by atoms with E-state index in [0.717, 1.165) is 22.6 Å². The molecule has 0 spiro atoms. The highest BCUT2D eigenvalue weighted by Gasteiger charge is 2.22. The Morgan fingerprint density at radius 3 is 3.08 bits per heavy atom. The van der Waals surface area contributed by atoms with Crippen LogP contribution in [0.1, 0.15) is 30.3 Å². The Labute approximate surface area is 148 Å². The maximum Gasteiger partial charge on any atom is 0.227 e. The molecule has 2 aromatic heterocycles. The van der Waals surface area contributed by atoms with E-state index in [0.29, 0.717) is 31.2 Å². The zero-order chi connectivity index (χ0) is 17.1. The lowest BCUT2D eigenvalue weighted by molar-refractivity contribution is -0.122. The molecule has 0 bridgehead atoms. The molecule has 3 heterocycles. The van der Waals surface area contributed by atoms with Crippen molar-refractivity contribution in [1.29, 1.82) is 0 Å². The molecule has 0 radical (unpaired) electrons. The molecule has 1 atom stereocenters. The van der Waals surface area contributed by atoms with Crippen molar-refractivity contribution in [3.63, 3.8) is 0 Å². The van der Waals surface area contributed by atoms with E-state index in [1.54, 1.807) is 11.3 Å². The number of nitrogens with one attached hydrogen (secondary N) is 1. The molecule has 0 saturated heterocycles. The fourth-order valence-corrected chi connectivity index (χ4v) is 3.49. The summed E-state index contributed by atoms with van der Waals surface area (Å²) in [6.07, 6.45) is 1.51. The van der Waals surface area contributed by atoms with Crippen molar-refractivity contribution in [3.05, 3.63) is 53.2 Å². The summed E-state index contributed by atoms with van der Waals surface area (Å²) >= 11 is 1.55. The van der Waals surface area contributed by atoms with Crippen LogP contribution in [0, 0.1) is 0 Å². The summed E-state index contributed by atoms with van der Waals surface area (Å²) in [6.45, 7) is 0.607. The molecule has 1 N–H and O–H groups in total. The number of ether oxygens (including phenoxy) is 1. The summed E-state index contributed by atoms with van der Waals surface area (Å²) in [5.41, 5.74) is 1.03. The van der Waals surface area contributed by atoms with Gasteiger partial charge in [0, 0.05) is 24.8 Å². The molecule has 3 aromatic rings. The molecule has 7 heteroatoms. The molecule has 0 fully saturated rings. The Hall–Kier alpha value is -2.67. The standard InChI is InChI=1S/C18H17N3O3S/c22-16(19-13-9-10-23-14-5-2-1-4-12(13)14)7-8-17-20-18(21-24-17)15-6-3-11-25-15/h1-6,11,13H,7-10H2,(H,19,22)/t13-/m1/s1. The number of carbonyl (C=O) groups excluding carboxylic acids is 1. The highest BCUT2D eigenvalue weighted by atomic mass is 32.1. The number of amides is 1. The SMILES string of the molecule is O=C(CCc1nc(-c2cccs2)no1)N[C@@H]1CCOc2ccccc21. The topological polar surface area (TPSA) is 77.2 Å². The van der Waals surface area contributed by atoms with Crippen LogP contribution >= 0.6 is 11.3 Å². The number of hydrogen-bond acceptors (Lipinski definition) is 6. The molecule has 25 heavy (non-hydrogen) atoms. The molecule has 1 aliphatic rings. The Kier molecular flexibility index (Phi) is 4.47. The molecule has 4 rings (SSSR count). The van der Waals surface area contributed by atoms with Crippen molar-refractivity contribution < 1.29 is 14.1 Å². The van der Waals surface area contributed by atoms with Crippen LogP contribution in [0.5, 0.6) is 5.75 Å². The third-order valence-corrected chi connectivity index (χ3v) is 4.94. The first-order valence-corrected chi connectivity index (χ1v) is 9.05. The molecule has 128 valence electrons. The van der Waals surface area contributed by atoms with Crippen LogP contribution in [0.3, 0.4) is 0 Å². The summed E-state index contributed by atoms with van der Waals surface area (Å²) in [5.74, 6) is 1.86. The lowest BCUT2D eigenvalue weighted by Crippen LogP contribution is -2.32. The highest BCUT2D eigenvalue weighted by Crippen LogP contribution is 2.31. The molecule has 1 amide bonds. The van der Waals surface area contributed by atoms with Gasteiger partial charge >= 0.3 is 0 Å². The summed E-state index contributed by atoms with van der Waals surface area (Å²) in [6, 6.07) is 11.7. The lowest BCUT2D eigenvalue weighted by atomic mass is 10.0. The molecular weight excluding hydrogens is 338 g/mol. The van der Waals surface area contributed by atoms with Crippen molar-refractivity contribution in [2.45, 2.75) is 25.3 Å². The Bertz CT molecular complexity index is 860. The van der Waals surface area contributed by atoms with Gasteiger partial charge in [-0.2, -0.15) is 4.98 Å². The second-order valence-corrected chi connectivity index (χ2v) is 6.73. The van der Waals surface area contributed by atoms with E-state index in [2.05, 4.69) is 15.5 Å². The van der Waals surface area contributed by atoms with Crippen molar-refractivity contribution in [3.8, 4) is 16.5 Å². The van der Waals surface area contributed by atoms with Gasteiger partial charge in [-0.15, -0.1) is 11.3 Å². The zero-order valence-electron chi connectivity index (χ0n) is 13.5. The van der Waals surface area contributed by atoms with E-state index < -0.39 is 0 Å². The van der Waals surface area contributed by atoms with E-state index >= 15 is 0 Å². The predicted octanol–water partition coefficient (Wildman–Crippen LogP) is 3.37. The number of carbonyl (C=O) groups is 1. The molecule has 0 aliphatic carbocycles. The van der Waals surface area contributed by atoms with Crippen LogP contribution in [-0.4, -0.2) is 22.7 Å². The van der Waals surface area contributed by atoms with Crippen LogP contribution < -0.4 is 10.1 Å². The van der Waals surface area contributed by atoms with Gasteiger partial charge in [0.05, 0.1) is 17.5 Å². The third kappa shape index (κ3) is 3.56. The van der Waals surface area contributed by atoms with Crippen molar-refractivity contribution in [2.24, 2.45) is 0 Å². The minimum atomic E-state index is -0.0300. The monoisotopic (exact) mass is 355 g/mol. The second-order valence-electron chi connectivity index (χ2n) is 5.78. The normalized spacial score (nSPS) is 16.1. The minimum absolute atomic E-state index is 0.0122. The smallest absolute Gasteiger partial charge is 0.227 e. The average Bonchev–Trinajstić information content (AvgIpc) is 3.32. The van der Waals surface area contributed by atoms with E-state index in [-0.39, 0.29) is 11.9 Å². The van der Waals surface area contributed by atoms with Gasteiger partial charge in [0.1, 0.15) is 5.75 Å². The van der Waals surface area contributed by atoms with Crippen LogP contribution in [0.4, 0.5) is 0 Å². The van der Waals surface area contributed by atoms with Crippen LogP contribution in [-0.2, 0) is 11.2 Å². The van der Waals surface area contributed by atoms with Crippen molar-refractivity contribution in [2.75, 3.05) is 6.61 Å². The first-order valence-electron chi connectivity index (χ1n) is 8.17. The lowest BCUT2D eigenvalue weighted by Gasteiger charge is -2.26. The Morgan fingerprint density at radius 1 is 1.28 bits per heavy atom. The number of fused-ring (bicyclic) bond motifs is 1. The van der Waals surface area contributed by atoms with Gasteiger partial charge in [0.15, 0.2) is 0 Å². The second kappa shape index (κ2) is 7.06. The molecule has 0 unspecified atom stereocenters. The molecule has 1 aromatic carbocycles. The minimum Gasteiger partial charge on any atom is -0.493 e. The summed E-state index contributed by atoms with van der Waals surface area (Å²) < 4.78 is 10.8. The largest absolute Gasteiger partial charge is 0.493 e. The van der Waals surface area contributed by atoms with Crippen molar-refractivity contribution in [1.82, 2.24) is 15.5 Å². The number of hydrogen-bond donors (Lipinski definition) is 1. The van der Waals surface area contributed by atoms with E-state index in [1.807, 2.05) is 41.8 Å². The van der Waals surface area contributed by atoms with Gasteiger partial charge in [0.2, 0.25) is 17.6 Å². The van der Waals surface area contributed by atoms with Crippen molar-refractivity contribution >= 4 is 17.2 Å². The summed E-state index contributed by atoms with van der Waals surface area (Å²) in [5, 5.41) is 8.99. The number of para-hydroxylation sites is 1. The molecule has 0 saturated carbocycles. The van der Waals surface area contributed by atoms with E-state index in [9.17, 15) is 4.79 Å². The maximum absolute atomic E-state index is 12.3. The quantitative estimate of drug-likeness (QED) is 0.759. The van der Waals surface area contributed by atoms with Gasteiger partial charge < -0.3 is 14.6 Å². The number of aromatic nitrogens is 2. The van der Waals surface area contributed by atoms with E-state index in [1.165, 1.54) is 0 Å². The fourth-order valence-electron chi connectivity index (χ4n) is 2.84. The highest BCUT2D eigenvalue weighted by molar-refractivity contribution is 7.13. The van der Waals surface area contributed by atoms with Crippen LogP contribution in [0.15, 0.2) is 46.3 Å². The van der Waals surface area contributed by atoms with Gasteiger partial charge in [-0.25, -0.2) is 0 Å². The number of benzene rings is 1. The molecule has 6 nitrogen and oxygen atoms in total. The number of rotatable bonds is 5. The van der Waals surface area contributed by atoms with Gasteiger partial charge in [-0.1, -0.05) is 29.4 Å². The average molecular weight is 355 g/mol. The van der Waals surface area contributed by atoms with Gasteiger partial charge in [-0.3, -0.25) is 4.79 Å².